The summed E-state index contributed by atoms with van der Waals surface area (Å²) in [6, 6.07) is 23.0. The molecule has 3 atom stereocenters. The summed E-state index contributed by atoms with van der Waals surface area (Å²) < 4.78 is 0. The molecule has 2 heterocycles. The predicted molar refractivity (Wildman–Crippen MR) is 86.9 cm³/mol. The largest absolute Gasteiger partial charge is 0.295 e. The van der Waals surface area contributed by atoms with Crippen LogP contribution in [0.5, 0.6) is 0 Å². The normalized spacial score (nSPS) is 28.9. The molecule has 0 N–H and O–H groups in total. The van der Waals surface area contributed by atoms with Crippen LogP contribution in [-0.4, -0.2) is 29.3 Å². The Hall–Kier alpha value is -1.17. The Labute approximate surface area is 122 Å². The molecule has 0 spiro atoms. The van der Waals surface area contributed by atoms with Crippen LogP contribution in [-0.2, 0) is 6.54 Å². The van der Waals surface area contributed by atoms with Crippen molar-refractivity contribution in [1.29, 1.82) is 0 Å². The van der Waals surface area contributed by atoms with Gasteiger partial charge in [0.05, 0.1) is 0 Å². The zero-order valence-corrected chi connectivity index (χ0v) is 12.5. The summed E-state index contributed by atoms with van der Waals surface area (Å²) in [6.45, 7) is 2.44. The predicted octanol–water partition coefficient (Wildman–Crippen LogP) is 3.45. The van der Waals surface area contributed by atoms with E-state index in [9.17, 15) is 0 Å². The van der Waals surface area contributed by atoms with Gasteiger partial charge in [0.25, 0.3) is 0 Å². The van der Waals surface area contributed by atoms with Crippen LogP contribution in [0, 0.1) is 0 Å². The van der Waals surface area contributed by atoms with Gasteiger partial charge in [-0.3, -0.25) is 4.90 Å². The lowest BCUT2D eigenvalue weighted by Gasteiger charge is -2.32. The van der Waals surface area contributed by atoms with E-state index >= 15 is 0 Å². The Morgan fingerprint density at radius 1 is 0.950 bits per heavy atom. The third-order valence-corrected chi connectivity index (χ3v) is 7.70. The average molecular weight is 281 g/mol. The van der Waals surface area contributed by atoms with Gasteiger partial charge in [-0.1, -0.05) is 68.6 Å². The molecule has 2 fully saturated rings. The number of hydrogen-bond acceptors (Lipinski definition) is 1. The number of hydrogen-bond donors (Lipinski definition) is 0. The van der Waals surface area contributed by atoms with Crippen LogP contribution in [0.4, 0.5) is 0 Å². The van der Waals surface area contributed by atoms with Crippen molar-refractivity contribution >= 4 is 13.2 Å². The topological polar surface area (TPSA) is 3.24 Å². The summed E-state index contributed by atoms with van der Waals surface area (Å²) >= 11 is 0. The molecule has 4 rings (SSSR count). The average Bonchev–Trinajstić information content (AvgIpc) is 3.09. The number of benzene rings is 2. The van der Waals surface area contributed by atoms with Gasteiger partial charge in [-0.25, -0.2) is 0 Å². The van der Waals surface area contributed by atoms with Crippen molar-refractivity contribution in [2.24, 2.45) is 0 Å². The standard InChI is InChI=1S/C18H20NP/c1-3-7-15(8-4-1)12-19-13-18-11-16(19)14-20(18)17-9-5-2-6-10-17/h1-10,16,18H,11-14H2. The maximum Gasteiger partial charge on any atom is 0.0237 e. The molecule has 2 heteroatoms. The minimum Gasteiger partial charge on any atom is -0.295 e. The molecule has 3 unspecified atom stereocenters. The van der Waals surface area contributed by atoms with E-state index in [2.05, 4.69) is 65.6 Å². The maximum absolute atomic E-state index is 2.71. The summed E-state index contributed by atoms with van der Waals surface area (Å²) in [5.74, 6) is 0. The van der Waals surface area contributed by atoms with Gasteiger partial charge in [-0.2, -0.15) is 0 Å². The van der Waals surface area contributed by atoms with Gasteiger partial charge < -0.3 is 0 Å². The van der Waals surface area contributed by atoms with Gasteiger partial charge in [0.15, 0.2) is 0 Å². The van der Waals surface area contributed by atoms with E-state index < -0.39 is 0 Å². The SMILES string of the molecule is c1ccc(CN2CC3CC2CP3c2ccccc2)cc1. The molecule has 0 saturated carbocycles. The maximum atomic E-state index is 2.71. The Morgan fingerprint density at radius 2 is 1.65 bits per heavy atom. The van der Waals surface area contributed by atoms with Crippen LogP contribution in [0.15, 0.2) is 60.7 Å². The van der Waals surface area contributed by atoms with E-state index in [-0.39, 0.29) is 7.92 Å². The zero-order chi connectivity index (χ0) is 13.4. The molecule has 102 valence electrons. The molecule has 2 saturated heterocycles. The number of nitrogens with zero attached hydrogens (tertiary/aromatic N) is 1. The van der Waals surface area contributed by atoms with Crippen LogP contribution in [0.3, 0.4) is 0 Å². The molecular formula is C18H20NP. The van der Waals surface area contributed by atoms with E-state index in [1.165, 1.54) is 24.7 Å². The summed E-state index contributed by atoms with van der Waals surface area (Å²) in [5, 5.41) is 1.62. The van der Waals surface area contributed by atoms with Crippen LogP contribution in [0.1, 0.15) is 12.0 Å². The van der Waals surface area contributed by atoms with Gasteiger partial charge in [-0.15, -0.1) is 0 Å². The summed E-state index contributed by atoms with van der Waals surface area (Å²) in [6.07, 6.45) is 2.84. The molecule has 0 radical (unpaired) electrons. The van der Waals surface area contributed by atoms with Crippen LogP contribution in [0.25, 0.3) is 0 Å². The highest BCUT2D eigenvalue weighted by atomic mass is 31.1. The van der Waals surface area contributed by atoms with Gasteiger partial charge >= 0.3 is 0 Å². The first-order valence-corrected chi connectivity index (χ1v) is 9.09. The first kappa shape index (κ1) is 12.6. The van der Waals surface area contributed by atoms with E-state index in [1.807, 2.05) is 0 Å². The second-order valence-corrected chi connectivity index (χ2v) is 8.50. The fourth-order valence-corrected chi connectivity index (χ4v) is 6.92. The lowest BCUT2D eigenvalue weighted by atomic mass is 10.2. The molecule has 1 nitrogen and oxygen atoms in total. The molecule has 2 aromatic carbocycles. The van der Waals surface area contributed by atoms with Crippen molar-refractivity contribution in [2.45, 2.75) is 24.7 Å². The Kier molecular flexibility index (Phi) is 3.34. The van der Waals surface area contributed by atoms with Gasteiger partial charge in [0.1, 0.15) is 0 Å². The minimum absolute atomic E-state index is 0.103. The molecule has 2 bridgehead atoms. The summed E-state index contributed by atoms with van der Waals surface area (Å²) in [4.78, 5) is 2.71. The molecule has 20 heavy (non-hydrogen) atoms. The summed E-state index contributed by atoms with van der Waals surface area (Å²) in [7, 11) is 0.103. The van der Waals surface area contributed by atoms with Gasteiger partial charge in [0, 0.05) is 19.1 Å². The molecule has 2 aliphatic heterocycles. The second kappa shape index (κ2) is 5.31. The van der Waals surface area contributed by atoms with Crippen LogP contribution >= 0.6 is 7.92 Å². The van der Waals surface area contributed by atoms with Crippen LogP contribution < -0.4 is 5.30 Å². The van der Waals surface area contributed by atoms with Crippen molar-refractivity contribution in [3.8, 4) is 0 Å². The molecular weight excluding hydrogens is 261 g/mol. The summed E-state index contributed by atoms with van der Waals surface area (Å²) in [5.41, 5.74) is 2.39. The van der Waals surface area contributed by atoms with Crippen molar-refractivity contribution in [2.75, 3.05) is 12.7 Å². The van der Waals surface area contributed by atoms with Gasteiger partial charge in [-0.05, 0) is 29.1 Å². The third kappa shape index (κ3) is 2.30. The highest BCUT2D eigenvalue weighted by Gasteiger charge is 2.44. The number of fused-ring (bicyclic) bond motifs is 2. The second-order valence-electron chi connectivity index (χ2n) is 5.95. The number of rotatable bonds is 3. The minimum atomic E-state index is 0.103. The Morgan fingerprint density at radius 3 is 2.30 bits per heavy atom. The monoisotopic (exact) mass is 281 g/mol. The fourth-order valence-electron chi connectivity index (χ4n) is 3.70. The Balaban J connectivity index is 1.45. The molecule has 2 aliphatic rings. The van der Waals surface area contributed by atoms with Crippen molar-refractivity contribution in [3.63, 3.8) is 0 Å². The highest BCUT2D eigenvalue weighted by Crippen LogP contribution is 2.54. The van der Waals surface area contributed by atoms with E-state index in [0.29, 0.717) is 0 Å². The molecule has 0 aliphatic carbocycles. The number of likely N-dealkylation sites (tertiary alicyclic amines) is 1. The Bertz CT molecular complexity index is 568. The van der Waals surface area contributed by atoms with E-state index in [0.717, 1.165) is 18.2 Å². The van der Waals surface area contributed by atoms with Crippen molar-refractivity contribution in [1.82, 2.24) is 4.90 Å². The van der Waals surface area contributed by atoms with E-state index in [4.69, 9.17) is 0 Å². The van der Waals surface area contributed by atoms with Crippen LogP contribution in [0.2, 0.25) is 0 Å². The lowest BCUT2D eigenvalue weighted by molar-refractivity contribution is 0.259. The van der Waals surface area contributed by atoms with Crippen molar-refractivity contribution in [3.05, 3.63) is 66.2 Å². The zero-order valence-electron chi connectivity index (χ0n) is 11.7. The lowest BCUT2D eigenvalue weighted by Crippen LogP contribution is -2.35. The smallest absolute Gasteiger partial charge is 0.0237 e. The molecule has 2 aromatic rings. The molecule has 0 aromatic heterocycles. The third-order valence-electron chi connectivity index (χ3n) is 4.67. The van der Waals surface area contributed by atoms with Crippen molar-refractivity contribution < 1.29 is 0 Å². The van der Waals surface area contributed by atoms with Gasteiger partial charge in [0.2, 0.25) is 0 Å². The first-order chi connectivity index (χ1) is 9.90. The first-order valence-electron chi connectivity index (χ1n) is 7.50. The quantitative estimate of drug-likeness (QED) is 0.779. The fraction of sp³-hybridized carbons (Fsp3) is 0.333. The molecule has 0 amide bonds. The van der Waals surface area contributed by atoms with E-state index in [1.54, 1.807) is 5.30 Å². The highest BCUT2D eigenvalue weighted by molar-refractivity contribution is 7.66.